The van der Waals surface area contributed by atoms with Gasteiger partial charge in [-0.1, -0.05) is 11.3 Å². The Kier molecular flexibility index (Phi) is 6.31. The average molecular weight is 560 g/mol. The number of non-ortho nitro benzene ring substituents is 1. The molecule has 2 aliphatic rings. The molecule has 1 atom stereocenters. The van der Waals surface area contributed by atoms with Gasteiger partial charge in [-0.2, -0.15) is 0 Å². The zero-order valence-corrected chi connectivity index (χ0v) is 21.8. The van der Waals surface area contributed by atoms with Crippen molar-refractivity contribution >= 4 is 49.8 Å². The number of nitro groups is 1. The molecule has 1 aromatic heterocycles. The van der Waals surface area contributed by atoms with Gasteiger partial charge in [-0.3, -0.25) is 24.6 Å². The average Bonchev–Trinajstić information content (AvgIpc) is 3.50. The molecule has 0 bridgehead atoms. The van der Waals surface area contributed by atoms with E-state index in [1.807, 2.05) is 6.92 Å². The van der Waals surface area contributed by atoms with Crippen LogP contribution in [-0.2, 0) is 9.59 Å². The van der Waals surface area contributed by atoms with E-state index >= 15 is 0 Å². The maximum atomic E-state index is 13.5. The molecule has 11 nitrogen and oxygen atoms in total. The SMILES string of the molecule is CCOc1ccc2nc(N3C(=O)C(=O)/C(=C(/O)c4ccc5c(c4)OCCO5)[C@@H]3c3ccc([N+](=O)[O-])cc3)sc2c1. The number of nitro benzene ring substituents is 1. The van der Waals surface area contributed by atoms with Crippen molar-refractivity contribution in [2.24, 2.45) is 0 Å². The fraction of sp³-hybridized carbons (Fsp3) is 0.179. The fourth-order valence-electron chi connectivity index (χ4n) is 4.72. The minimum absolute atomic E-state index is 0.157. The van der Waals surface area contributed by atoms with Gasteiger partial charge in [0.1, 0.15) is 24.7 Å². The molecule has 0 unspecified atom stereocenters. The van der Waals surface area contributed by atoms with Crippen molar-refractivity contribution in [3.63, 3.8) is 0 Å². The molecular weight excluding hydrogens is 538 g/mol. The first-order valence-electron chi connectivity index (χ1n) is 12.3. The molecule has 3 heterocycles. The van der Waals surface area contributed by atoms with Gasteiger partial charge in [-0.25, -0.2) is 4.98 Å². The van der Waals surface area contributed by atoms with Crippen molar-refractivity contribution in [1.82, 2.24) is 4.98 Å². The number of thiazole rings is 1. The summed E-state index contributed by atoms with van der Waals surface area (Å²) >= 11 is 1.19. The number of ketones is 1. The first kappa shape index (κ1) is 25.3. The Hall–Kier alpha value is -4.97. The molecule has 1 amide bonds. The maximum absolute atomic E-state index is 13.5. The number of aromatic nitrogens is 1. The maximum Gasteiger partial charge on any atom is 0.301 e. The molecule has 3 aromatic carbocycles. The number of amides is 1. The van der Waals surface area contributed by atoms with Crippen LogP contribution in [0.15, 0.2) is 66.2 Å². The number of aliphatic hydroxyl groups is 1. The number of Topliss-reactive ketones (excluding diaryl/α,β-unsaturated/α-hetero) is 1. The van der Waals surface area contributed by atoms with Crippen LogP contribution in [0.5, 0.6) is 17.2 Å². The number of nitrogens with zero attached hydrogens (tertiary/aromatic N) is 3. The van der Waals surface area contributed by atoms with Gasteiger partial charge >= 0.3 is 5.91 Å². The zero-order valence-electron chi connectivity index (χ0n) is 21.0. The van der Waals surface area contributed by atoms with Crippen molar-refractivity contribution in [3.8, 4) is 17.2 Å². The van der Waals surface area contributed by atoms with Crippen LogP contribution < -0.4 is 19.1 Å². The van der Waals surface area contributed by atoms with Crippen molar-refractivity contribution in [2.75, 3.05) is 24.7 Å². The van der Waals surface area contributed by atoms with Gasteiger partial charge in [0.05, 0.1) is 33.4 Å². The van der Waals surface area contributed by atoms with Crippen molar-refractivity contribution in [3.05, 3.63) is 87.5 Å². The highest BCUT2D eigenvalue weighted by atomic mass is 32.1. The van der Waals surface area contributed by atoms with Crippen LogP contribution in [0, 0.1) is 10.1 Å². The number of carbonyl (C=O) groups excluding carboxylic acids is 2. The lowest BCUT2D eigenvalue weighted by molar-refractivity contribution is -0.384. The Labute approximate surface area is 231 Å². The highest BCUT2D eigenvalue weighted by Gasteiger charge is 2.48. The van der Waals surface area contributed by atoms with Gasteiger partial charge < -0.3 is 19.3 Å². The molecule has 1 N–H and O–H groups in total. The Morgan fingerprint density at radius 1 is 1.10 bits per heavy atom. The molecular formula is C28H21N3O8S. The minimum atomic E-state index is -1.10. The van der Waals surface area contributed by atoms with Gasteiger partial charge in [-0.05, 0) is 61.0 Å². The lowest BCUT2D eigenvalue weighted by atomic mass is 9.95. The van der Waals surface area contributed by atoms with E-state index in [2.05, 4.69) is 4.98 Å². The minimum Gasteiger partial charge on any atom is -0.507 e. The molecule has 0 aliphatic carbocycles. The third-order valence-corrected chi connectivity index (χ3v) is 7.56. The quantitative estimate of drug-likeness (QED) is 0.114. The summed E-state index contributed by atoms with van der Waals surface area (Å²) in [4.78, 5) is 43.5. The summed E-state index contributed by atoms with van der Waals surface area (Å²) in [5.41, 5.74) is 0.901. The standard InChI is InChI=1S/C28H21N3O8S/c1-2-37-18-8-9-19-22(14-18)40-28(29-19)30-24(15-3-6-17(7-4-15)31(35)36)23(26(33)27(30)34)25(32)16-5-10-20-21(13-16)39-12-11-38-20/h3-10,13-14,24,32H,2,11-12H2,1H3/b25-23+/t24-/m0/s1. The van der Waals surface area contributed by atoms with Crippen molar-refractivity contribution in [2.45, 2.75) is 13.0 Å². The van der Waals surface area contributed by atoms with E-state index in [0.29, 0.717) is 48.1 Å². The first-order valence-corrected chi connectivity index (χ1v) is 13.2. The molecule has 0 saturated carbocycles. The van der Waals surface area contributed by atoms with E-state index in [1.165, 1.54) is 46.6 Å². The second kappa shape index (κ2) is 9.97. The first-order chi connectivity index (χ1) is 19.4. The van der Waals surface area contributed by atoms with E-state index in [-0.39, 0.29) is 22.0 Å². The molecule has 6 rings (SSSR count). The van der Waals surface area contributed by atoms with Crippen LogP contribution in [0.3, 0.4) is 0 Å². The number of ether oxygens (including phenoxy) is 3. The molecule has 0 radical (unpaired) electrons. The molecule has 40 heavy (non-hydrogen) atoms. The smallest absolute Gasteiger partial charge is 0.301 e. The monoisotopic (exact) mass is 559 g/mol. The molecule has 12 heteroatoms. The van der Waals surface area contributed by atoms with Crippen LogP contribution in [0.25, 0.3) is 16.0 Å². The predicted octanol–water partition coefficient (Wildman–Crippen LogP) is 5.00. The normalized spacial score (nSPS) is 17.8. The number of benzene rings is 3. The second-order valence-electron chi connectivity index (χ2n) is 8.94. The summed E-state index contributed by atoms with van der Waals surface area (Å²) in [6, 6.07) is 14.4. The highest BCUT2D eigenvalue weighted by molar-refractivity contribution is 7.22. The van der Waals surface area contributed by atoms with Crippen LogP contribution in [0.4, 0.5) is 10.8 Å². The van der Waals surface area contributed by atoms with E-state index in [1.54, 1.807) is 30.3 Å². The van der Waals surface area contributed by atoms with Crippen LogP contribution in [0.1, 0.15) is 24.1 Å². The van der Waals surface area contributed by atoms with Crippen molar-refractivity contribution in [1.29, 1.82) is 0 Å². The summed E-state index contributed by atoms with van der Waals surface area (Å²) in [5, 5.41) is 22.9. The van der Waals surface area contributed by atoms with Gasteiger partial charge in [-0.15, -0.1) is 0 Å². The Morgan fingerprint density at radius 2 is 1.85 bits per heavy atom. The predicted molar refractivity (Wildman–Crippen MR) is 146 cm³/mol. The number of hydrogen-bond acceptors (Lipinski definition) is 10. The summed E-state index contributed by atoms with van der Waals surface area (Å²) < 4.78 is 17.5. The van der Waals surface area contributed by atoms with E-state index in [9.17, 15) is 24.8 Å². The number of rotatable bonds is 6. The van der Waals surface area contributed by atoms with Crippen molar-refractivity contribution < 1.29 is 33.8 Å². The van der Waals surface area contributed by atoms with E-state index < -0.39 is 28.4 Å². The van der Waals surface area contributed by atoms with Crippen LogP contribution in [-0.4, -0.2) is 46.5 Å². The molecule has 1 fully saturated rings. The number of hydrogen-bond donors (Lipinski definition) is 1. The third-order valence-electron chi connectivity index (χ3n) is 6.55. The Bertz CT molecular complexity index is 1710. The molecule has 202 valence electrons. The third kappa shape index (κ3) is 4.28. The van der Waals surface area contributed by atoms with Gasteiger partial charge in [0.2, 0.25) is 0 Å². The number of aliphatic hydroxyl groups excluding tert-OH is 1. The Balaban J connectivity index is 1.51. The Morgan fingerprint density at radius 3 is 2.58 bits per heavy atom. The largest absolute Gasteiger partial charge is 0.507 e. The molecule has 2 aliphatic heterocycles. The van der Waals surface area contributed by atoms with E-state index in [0.717, 1.165) is 4.70 Å². The van der Waals surface area contributed by atoms with Crippen LogP contribution in [0.2, 0.25) is 0 Å². The molecule has 4 aromatic rings. The van der Waals surface area contributed by atoms with Gasteiger partial charge in [0.15, 0.2) is 16.6 Å². The number of fused-ring (bicyclic) bond motifs is 2. The number of carbonyl (C=O) groups is 2. The zero-order chi connectivity index (χ0) is 28.0. The van der Waals surface area contributed by atoms with Crippen LogP contribution >= 0.6 is 11.3 Å². The summed E-state index contributed by atoms with van der Waals surface area (Å²) in [6.07, 6.45) is 0. The highest BCUT2D eigenvalue weighted by Crippen LogP contribution is 2.45. The fourth-order valence-corrected chi connectivity index (χ4v) is 5.74. The summed E-state index contributed by atoms with van der Waals surface area (Å²) in [6.45, 7) is 3.06. The lowest BCUT2D eigenvalue weighted by Gasteiger charge is -2.23. The lowest BCUT2D eigenvalue weighted by Crippen LogP contribution is -2.29. The number of anilines is 1. The molecule has 0 spiro atoms. The van der Waals surface area contributed by atoms with E-state index in [4.69, 9.17) is 14.2 Å². The van der Waals surface area contributed by atoms with Gasteiger partial charge in [0.25, 0.3) is 11.5 Å². The topological polar surface area (TPSA) is 141 Å². The molecule has 1 saturated heterocycles. The second-order valence-corrected chi connectivity index (χ2v) is 9.94. The summed E-state index contributed by atoms with van der Waals surface area (Å²) in [5.74, 6) is -0.681. The van der Waals surface area contributed by atoms with Gasteiger partial charge in [0, 0.05) is 17.7 Å². The summed E-state index contributed by atoms with van der Waals surface area (Å²) in [7, 11) is 0.